The zero-order chi connectivity index (χ0) is 28.2. The van der Waals surface area contributed by atoms with Crippen LogP contribution in [0.2, 0.25) is 0 Å². The van der Waals surface area contributed by atoms with E-state index in [9.17, 15) is 13.6 Å². The summed E-state index contributed by atoms with van der Waals surface area (Å²) < 4.78 is 23.7. The molecule has 8 heteroatoms. The fourth-order valence-electron chi connectivity index (χ4n) is 4.40. The molecule has 3 atom stereocenters. The molecule has 38 heavy (non-hydrogen) atoms. The molecule has 5 nitrogen and oxygen atoms in total. The van der Waals surface area contributed by atoms with Crippen LogP contribution in [0.1, 0.15) is 55.7 Å². The molecule has 1 unspecified atom stereocenters. The van der Waals surface area contributed by atoms with Gasteiger partial charge in [-0.25, -0.2) is 0 Å². The Morgan fingerprint density at radius 3 is 1.68 bits per heavy atom. The van der Waals surface area contributed by atoms with Crippen molar-refractivity contribution in [2.24, 2.45) is 5.73 Å². The number of nitrogens with two attached hydrogens (primary N) is 1. The maximum Gasteiger partial charge on any atom is 0.0796 e. The van der Waals surface area contributed by atoms with E-state index in [1.807, 2.05) is 78.0 Å². The predicted molar refractivity (Wildman–Crippen MR) is 150 cm³/mol. The zero-order valence-electron chi connectivity index (χ0n) is 21.3. The van der Waals surface area contributed by atoms with Crippen LogP contribution < -0.4 is 5.73 Å². The van der Waals surface area contributed by atoms with Gasteiger partial charge in [-0.2, -0.15) is 0 Å². The third kappa shape index (κ3) is 8.97. The van der Waals surface area contributed by atoms with Gasteiger partial charge in [0.25, 0.3) is 0 Å². The van der Waals surface area contributed by atoms with Gasteiger partial charge in [0.05, 0.1) is 5.91 Å². The van der Waals surface area contributed by atoms with Crippen molar-refractivity contribution in [1.82, 2.24) is 0 Å². The van der Waals surface area contributed by atoms with Crippen LogP contribution in [0.25, 0.3) is 5.73 Å². The van der Waals surface area contributed by atoms with Crippen molar-refractivity contribution in [3.05, 3.63) is 142 Å². The number of nitrogens with one attached hydrogen (secondary N) is 1. The monoisotopic (exact) mass is 635 g/mol. The molecule has 4 rings (SSSR count). The normalized spacial score (nSPS) is 12.6. The summed E-state index contributed by atoms with van der Waals surface area (Å²) in [6, 6.07) is 28.9. The molecule has 0 spiro atoms. The summed E-state index contributed by atoms with van der Waals surface area (Å²) >= 11 is -0.685. The predicted octanol–water partition coefficient (Wildman–Crippen LogP) is 7.25. The second-order valence-corrected chi connectivity index (χ2v) is 9.72. The Kier molecular flexibility index (Phi) is 13.0. The molecule has 0 radical (unpaired) electrons. The number of rotatable bonds is 6. The number of hydrogen-bond donors (Lipinski definition) is 1. The molecule has 0 aliphatic carbocycles. The molecule has 0 saturated carbocycles. The van der Waals surface area contributed by atoms with Gasteiger partial charge in [0, 0.05) is 16.9 Å². The van der Waals surface area contributed by atoms with Gasteiger partial charge >= 0.3 is 27.0 Å². The molecule has 0 aromatic heterocycles. The largest absolute Gasteiger partial charge is 0.768 e. The number of carbonyl (C=O) groups is 1. The second kappa shape index (κ2) is 15.7. The molecule has 4 aromatic rings. The molecular weight excluding hydrogens is 605 g/mol. The van der Waals surface area contributed by atoms with Crippen molar-refractivity contribution >= 4 is 26.7 Å². The van der Waals surface area contributed by atoms with Gasteiger partial charge in [0.1, 0.15) is 0 Å². The van der Waals surface area contributed by atoms with E-state index in [1.54, 1.807) is 0 Å². The van der Waals surface area contributed by atoms with Crippen molar-refractivity contribution in [3.63, 3.8) is 0 Å². The summed E-state index contributed by atoms with van der Waals surface area (Å²) in [5.41, 5.74) is 20.2. The molecule has 0 heterocycles. The van der Waals surface area contributed by atoms with Crippen LogP contribution in [0.5, 0.6) is 0 Å². The maximum absolute atomic E-state index is 11.8. The van der Waals surface area contributed by atoms with Crippen LogP contribution in [-0.2, 0) is 28.4 Å². The minimum Gasteiger partial charge on any atom is -0.768 e. The Morgan fingerprint density at radius 2 is 1.26 bits per heavy atom. The Hall–Kier alpha value is -2.67. The number of hydrogen-bond acceptors (Lipinski definition) is 4. The summed E-state index contributed by atoms with van der Waals surface area (Å²) in [5, 5.41) is 0. The van der Waals surface area contributed by atoms with Gasteiger partial charge in [0.15, 0.2) is 0 Å². The molecule has 0 aliphatic rings. The van der Waals surface area contributed by atoms with E-state index in [4.69, 9.17) is 11.5 Å². The standard InChI is InChI=1S/C21H20N2O3S.C9H12.ClH.Ru/c22-20(15-9-5-2-6-10-15)19(14-7-3-1-4-8-14)17-13-16(21(23)24)11-12-18(17)27(25)26;1-7-4-8(2)6-9(3)5-7;;/h1-13,19-20H,22H2,(H3,23,24,25,26);4-6H,1-3H3;1H;/q;;;+3/p-3/t19-,20+;;;/m1.../s1. The van der Waals surface area contributed by atoms with Crippen molar-refractivity contribution < 1.29 is 30.9 Å². The Bertz CT molecular complexity index is 1300. The third-order valence-corrected chi connectivity index (χ3v) is 6.59. The Morgan fingerprint density at radius 1 is 0.816 bits per heavy atom. The SMILES string of the molecule is Cc1cc(C)cc(C)c1.[Cl][Ru+2].[NH-]C(=O)c1ccc(S(=O)[O-])c([C@@H](c2ccccc2)[C@@H](N)c2ccccc2)c1. The smallest absolute Gasteiger partial charge is 0.0796 e. The fraction of sp³-hybridized carbons (Fsp3) is 0.167. The van der Waals surface area contributed by atoms with E-state index in [0.29, 0.717) is 5.56 Å². The summed E-state index contributed by atoms with van der Waals surface area (Å²) in [7, 11) is 4.57. The van der Waals surface area contributed by atoms with Crippen LogP contribution in [0.4, 0.5) is 0 Å². The molecule has 1 amide bonds. The molecule has 4 aromatic carbocycles. The van der Waals surface area contributed by atoms with E-state index >= 15 is 0 Å². The van der Waals surface area contributed by atoms with Crippen LogP contribution >= 0.6 is 9.69 Å². The van der Waals surface area contributed by atoms with Gasteiger partial charge in [-0.15, -0.1) is 0 Å². The fourth-order valence-corrected chi connectivity index (χ4v) is 4.95. The van der Waals surface area contributed by atoms with Gasteiger partial charge in [-0.3, -0.25) is 4.21 Å². The summed E-state index contributed by atoms with van der Waals surface area (Å²) in [4.78, 5) is 11.6. The van der Waals surface area contributed by atoms with Gasteiger partial charge in [-0.05, 0) is 66.2 Å². The molecule has 0 fully saturated rings. The first-order valence-electron chi connectivity index (χ1n) is 11.7. The van der Waals surface area contributed by atoms with Gasteiger partial charge in [-0.1, -0.05) is 102 Å². The molecule has 199 valence electrons. The van der Waals surface area contributed by atoms with Crippen molar-refractivity contribution in [3.8, 4) is 0 Å². The molecule has 3 N–H and O–H groups in total. The van der Waals surface area contributed by atoms with Crippen LogP contribution in [-0.4, -0.2) is 14.7 Å². The number of benzene rings is 4. The first-order valence-corrected chi connectivity index (χ1v) is 15.0. The second-order valence-electron chi connectivity index (χ2n) is 8.81. The minimum absolute atomic E-state index is 0.0697. The van der Waals surface area contributed by atoms with Crippen molar-refractivity contribution in [2.45, 2.75) is 37.6 Å². The van der Waals surface area contributed by atoms with E-state index in [-0.39, 0.29) is 10.5 Å². The molecule has 0 saturated heterocycles. The summed E-state index contributed by atoms with van der Waals surface area (Å²) in [6.07, 6.45) is 0. The van der Waals surface area contributed by atoms with Crippen LogP contribution in [0, 0.1) is 20.8 Å². The molecule has 0 bridgehead atoms. The van der Waals surface area contributed by atoms with Gasteiger partial charge < -0.3 is 20.8 Å². The maximum atomic E-state index is 11.8. The quantitative estimate of drug-likeness (QED) is 0.178. The third-order valence-electron chi connectivity index (χ3n) is 5.85. The van der Waals surface area contributed by atoms with E-state index in [2.05, 4.69) is 48.7 Å². The minimum atomic E-state index is -2.51. The Labute approximate surface area is 241 Å². The average Bonchev–Trinajstić information content (AvgIpc) is 2.90. The van der Waals surface area contributed by atoms with Crippen molar-refractivity contribution in [2.75, 3.05) is 0 Å². The molecular formula is C30H30ClN2O3RuS. The number of carbonyl (C=O) groups excluding carboxylic acids is 1. The Balaban J connectivity index is 0.000000387. The molecule has 0 aliphatic heterocycles. The summed E-state index contributed by atoms with van der Waals surface area (Å²) in [5.74, 6) is -1.37. The van der Waals surface area contributed by atoms with E-state index in [1.165, 1.54) is 34.9 Å². The van der Waals surface area contributed by atoms with E-state index < -0.39 is 28.9 Å². The first kappa shape index (κ1) is 31.6. The summed E-state index contributed by atoms with van der Waals surface area (Å²) in [6.45, 7) is 6.38. The van der Waals surface area contributed by atoms with E-state index in [0.717, 1.165) is 11.1 Å². The van der Waals surface area contributed by atoms with Crippen molar-refractivity contribution in [1.29, 1.82) is 0 Å². The van der Waals surface area contributed by atoms with Gasteiger partial charge in [0.2, 0.25) is 0 Å². The number of halogens is 1. The number of aryl methyl sites for hydroxylation is 3. The first-order chi connectivity index (χ1) is 18.2. The van der Waals surface area contributed by atoms with Crippen LogP contribution in [0.3, 0.4) is 0 Å². The zero-order valence-corrected chi connectivity index (χ0v) is 24.6. The topological polar surface area (TPSA) is 107 Å². The number of amides is 1. The van der Waals surface area contributed by atoms with Crippen LogP contribution in [0.15, 0.2) is 102 Å². The average molecular weight is 635 g/mol.